The second kappa shape index (κ2) is 10.2. The summed E-state index contributed by atoms with van der Waals surface area (Å²) in [6, 6.07) is 7.27. The zero-order valence-corrected chi connectivity index (χ0v) is 15.6. The lowest BCUT2D eigenvalue weighted by atomic mass is 9.90. The van der Waals surface area contributed by atoms with Crippen molar-refractivity contribution in [2.45, 2.75) is 32.9 Å². The Kier molecular flexibility index (Phi) is 8.31. The van der Waals surface area contributed by atoms with Crippen molar-refractivity contribution in [3.8, 4) is 11.8 Å². The minimum atomic E-state index is -3.11. The number of carbonyl (C=O) groups excluding carboxylic acids is 3. The summed E-state index contributed by atoms with van der Waals surface area (Å²) in [5.41, 5.74) is -1.30. The predicted molar refractivity (Wildman–Crippen MR) is 93.4 cm³/mol. The molecule has 2 amide bonds. The highest BCUT2D eigenvalue weighted by Gasteiger charge is 2.30. The molecule has 28 heavy (non-hydrogen) atoms. The number of nitrogens with zero attached hydrogens (tertiary/aromatic N) is 1. The summed E-state index contributed by atoms with van der Waals surface area (Å²) in [6.45, 7) is 0.707. The molecule has 1 atom stereocenters. The molecular weight excluding hydrogens is 376 g/mol. The lowest BCUT2D eigenvalue weighted by Gasteiger charge is -2.27. The van der Waals surface area contributed by atoms with Gasteiger partial charge in [-0.2, -0.15) is 14.0 Å². The number of para-hydroxylation sites is 1. The number of hydrogen-bond donors (Lipinski definition) is 2. The molecular formula is C18H21F2N3O5. The van der Waals surface area contributed by atoms with Crippen LogP contribution in [0, 0.1) is 17.2 Å². The highest BCUT2D eigenvalue weighted by Crippen LogP contribution is 2.20. The SMILES string of the molecule is CC(C)[C@@](C)(C#N)NC(=O)COC(=O)CNC(=O)c1ccccc1OC(F)F. The predicted octanol–water partition coefficient (Wildman–Crippen LogP) is 1.62. The summed E-state index contributed by atoms with van der Waals surface area (Å²) >= 11 is 0. The fourth-order valence-corrected chi connectivity index (χ4v) is 1.92. The molecule has 0 aromatic heterocycles. The first-order chi connectivity index (χ1) is 13.1. The van der Waals surface area contributed by atoms with Gasteiger partial charge in [0.2, 0.25) is 0 Å². The minimum absolute atomic E-state index is 0.174. The van der Waals surface area contributed by atoms with Crippen LogP contribution in [-0.4, -0.2) is 43.1 Å². The van der Waals surface area contributed by atoms with Crippen molar-refractivity contribution in [1.29, 1.82) is 5.26 Å². The molecule has 0 fully saturated rings. The van der Waals surface area contributed by atoms with Crippen LogP contribution in [0.15, 0.2) is 24.3 Å². The summed E-state index contributed by atoms with van der Waals surface area (Å²) in [5, 5.41) is 13.8. The highest BCUT2D eigenvalue weighted by molar-refractivity contribution is 5.98. The first-order valence-electron chi connectivity index (χ1n) is 8.29. The van der Waals surface area contributed by atoms with E-state index in [-0.39, 0.29) is 17.2 Å². The summed E-state index contributed by atoms with van der Waals surface area (Å²) in [4.78, 5) is 35.5. The van der Waals surface area contributed by atoms with Crippen LogP contribution in [0.25, 0.3) is 0 Å². The molecule has 0 aliphatic carbocycles. The number of nitrogens with one attached hydrogen (secondary N) is 2. The smallest absolute Gasteiger partial charge is 0.387 e. The van der Waals surface area contributed by atoms with E-state index < -0.39 is 43.1 Å². The van der Waals surface area contributed by atoms with Gasteiger partial charge in [-0.1, -0.05) is 26.0 Å². The number of hydrogen-bond acceptors (Lipinski definition) is 6. The normalized spacial score (nSPS) is 12.6. The van der Waals surface area contributed by atoms with Gasteiger partial charge < -0.3 is 20.1 Å². The summed E-state index contributed by atoms with van der Waals surface area (Å²) < 4.78 is 33.7. The zero-order valence-electron chi connectivity index (χ0n) is 15.6. The number of amides is 2. The zero-order chi connectivity index (χ0) is 21.3. The highest BCUT2D eigenvalue weighted by atomic mass is 19.3. The van der Waals surface area contributed by atoms with E-state index in [0.29, 0.717) is 0 Å². The van der Waals surface area contributed by atoms with Gasteiger partial charge in [0.25, 0.3) is 11.8 Å². The fraction of sp³-hybridized carbons (Fsp3) is 0.444. The third kappa shape index (κ3) is 6.83. The van der Waals surface area contributed by atoms with Crippen molar-refractivity contribution >= 4 is 17.8 Å². The molecule has 0 aliphatic heterocycles. The Morgan fingerprint density at radius 3 is 2.46 bits per heavy atom. The van der Waals surface area contributed by atoms with Crippen molar-refractivity contribution in [2.75, 3.05) is 13.2 Å². The van der Waals surface area contributed by atoms with Crippen molar-refractivity contribution in [3.05, 3.63) is 29.8 Å². The van der Waals surface area contributed by atoms with Gasteiger partial charge in [0.1, 0.15) is 17.8 Å². The van der Waals surface area contributed by atoms with E-state index >= 15 is 0 Å². The van der Waals surface area contributed by atoms with Gasteiger partial charge in [-0.3, -0.25) is 14.4 Å². The Labute approximate surface area is 160 Å². The average Bonchev–Trinajstić information content (AvgIpc) is 2.64. The fourth-order valence-electron chi connectivity index (χ4n) is 1.92. The molecule has 152 valence electrons. The lowest BCUT2D eigenvalue weighted by Crippen LogP contribution is -2.50. The van der Waals surface area contributed by atoms with Gasteiger partial charge >= 0.3 is 12.6 Å². The topological polar surface area (TPSA) is 118 Å². The van der Waals surface area contributed by atoms with Crippen LogP contribution in [0.3, 0.4) is 0 Å². The standard InChI is InChI=1S/C18H21F2N3O5/c1-11(2)18(3,10-21)23-14(24)9-27-15(25)8-22-16(26)12-6-4-5-7-13(12)28-17(19)20/h4-7,11,17H,8-9H2,1-3H3,(H,22,26)(H,23,24)/t18-/m1/s1. The van der Waals surface area contributed by atoms with Gasteiger partial charge in [0.15, 0.2) is 6.61 Å². The largest absolute Gasteiger partial charge is 0.454 e. The summed E-state index contributed by atoms with van der Waals surface area (Å²) in [5.74, 6) is -2.93. The lowest BCUT2D eigenvalue weighted by molar-refractivity contribution is -0.147. The molecule has 0 bridgehead atoms. The van der Waals surface area contributed by atoms with Gasteiger partial charge in [0, 0.05) is 0 Å². The number of nitriles is 1. The Bertz CT molecular complexity index is 764. The molecule has 0 spiro atoms. The van der Waals surface area contributed by atoms with Crippen LogP contribution in [0.4, 0.5) is 8.78 Å². The molecule has 2 N–H and O–H groups in total. The van der Waals surface area contributed by atoms with E-state index in [9.17, 15) is 23.2 Å². The van der Waals surface area contributed by atoms with E-state index in [2.05, 4.69) is 15.4 Å². The molecule has 0 aliphatic rings. The maximum absolute atomic E-state index is 12.4. The second-order valence-electron chi connectivity index (χ2n) is 6.24. The third-order valence-corrected chi connectivity index (χ3v) is 3.89. The van der Waals surface area contributed by atoms with Gasteiger partial charge in [-0.15, -0.1) is 0 Å². The van der Waals surface area contributed by atoms with Crippen molar-refractivity contribution in [1.82, 2.24) is 10.6 Å². The molecule has 1 rings (SSSR count). The van der Waals surface area contributed by atoms with Crippen molar-refractivity contribution in [2.24, 2.45) is 5.92 Å². The number of carbonyl (C=O) groups is 3. The van der Waals surface area contributed by atoms with E-state index in [1.54, 1.807) is 13.8 Å². The molecule has 1 aromatic carbocycles. The van der Waals surface area contributed by atoms with Gasteiger partial charge in [0.05, 0.1) is 11.6 Å². The number of benzene rings is 1. The van der Waals surface area contributed by atoms with E-state index in [1.807, 2.05) is 6.07 Å². The maximum Gasteiger partial charge on any atom is 0.387 e. The first-order valence-corrected chi connectivity index (χ1v) is 8.29. The van der Waals surface area contributed by atoms with E-state index in [1.165, 1.54) is 31.2 Å². The van der Waals surface area contributed by atoms with Crippen molar-refractivity contribution in [3.63, 3.8) is 0 Å². The number of ether oxygens (including phenoxy) is 2. The maximum atomic E-state index is 12.4. The molecule has 0 saturated carbocycles. The van der Waals surface area contributed by atoms with E-state index in [4.69, 9.17) is 10.00 Å². The third-order valence-electron chi connectivity index (χ3n) is 3.89. The molecule has 10 heteroatoms. The Hall–Kier alpha value is -3.22. The van der Waals surface area contributed by atoms with Crippen LogP contribution >= 0.6 is 0 Å². The second-order valence-corrected chi connectivity index (χ2v) is 6.24. The monoisotopic (exact) mass is 397 g/mol. The Morgan fingerprint density at radius 2 is 1.89 bits per heavy atom. The van der Waals surface area contributed by atoms with Crippen LogP contribution in [0.2, 0.25) is 0 Å². The molecule has 0 heterocycles. The summed E-state index contributed by atoms with van der Waals surface area (Å²) in [7, 11) is 0. The molecule has 8 nitrogen and oxygen atoms in total. The minimum Gasteiger partial charge on any atom is -0.454 e. The van der Waals surface area contributed by atoms with Crippen molar-refractivity contribution < 1.29 is 32.6 Å². The Balaban J connectivity index is 2.52. The molecule has 0 radical (unpaired) electrons. The number of alkyl halides is 2. The molecule has 0 unspecified atom stereocenters. The molecule has 0 saturated heterocycles. The van der Waals surface area contributed by atoms with E-state index in [0.717, 1.165) is 0 Å². The average molecular weight is 397 g/mol. The number of rotatable bonds is 9. The number of esters is 1. The van der Waals surface area contributed by atoms with Crippen LogP contribution in [0.1, 0.15) is 31.1 Å². The van der Waals surface area contributed by atoms with Crippen LogP contribution in [-0.2, 0) is 14.3 Å². The van der Waals surface area contributed by atoms with Gasteiger partial charge in [-0.25, -0.2) is 0 Å². The quantitative estimate of drug-likeness (QED) is 0.612. The first kappa shape index (κ1) is 22.8. The Morgan fingerprint density at radius 1 is 1.25 bits per heavy atom. The van der Waals surface area contributed by atoms with Crippen LogP contribution in [0.5, 0.6) is 5.75 Å². The van der Waals surface area contributed by atoms with Crippen LogP contribution < -0.4 is 15.4 Å². The number of halogens is 2. The van der Waals surface area contributed by atoms with Gasteiger partial charge in [-0.05, 0) is 25.0 Å². The summed E-state index contributed by atoms with van der Waals surface area (Å²) in [6.07, 6.45) is 0. The molecule has 1 aromatic rings.